The van der Waals surface area contributed by atoms with Gasteiger partial charge in [0.15, 0.2) is 0 Å². The maximum absolute atomic E-state index is 4.36. The van der Waals surface area contributed by atoms with Crippen molar-refractivity contribution >= 4 is 21.6 Å². The summed E-state index contributed by atoms with van der Waals surface area (Å²) in [5, 5.41) is 7.82. The van der Waals surface area contributed by atoms with E-state index in [0.29, 0.717) is 0 Å². The second kappa shape index (κ2) is 4.92. The Morgan fingerprint density at radius 3 is 2.47 bits per heavy atom. The number of halogens is 1. The first-order chi connectivity index (χ1) is 8.06. The Labute approximate surface area is 110 Å². The fraction of sp³-hybridized carbons (Fsp3) is 0.308. The number of hydrogen-bond acceptors (Lipinski definition) is 2. The first-order valence-electron chi connectivity index (χ1n) is 5.58. The normalized spacial score (nSPS) is 12.5. The molecule has 0 aliphatic heterocycles. The van der Waals surface area contributed by atoms with Gasteiger partial charge in [-0.1, -0.05) is 15.9 Å². The van der Waals surface area contributed by atoms with Crippen molar-refractivity contribution in [1.29, 1.82) is 0 Å². The number of aryl methyl sites for hydroxylation is 2. The smallest absolute Gasteiger partial charge is 0.0646 e. The van der Waals surface area contributed by atoms with Crippen molar-refractivity contribution in [2.75, 3.05) is 5.32 Å². The molecular formula is C13H16BrN3. The van der Waals surface area contributed by atoms with Crippen molar-refractivity contribution < 1.29 is 0 Å². The molecule has 0 aliphatic rings. The Hall–Kier alpha value is -1.29. The van der Waals surface area contributed by atoms with Crippen molar-refractivity contribution in [1.82, 2.24) is 9.78 Å². The third-order valence-electron chi connectivity index (χ3n) is 2.75. The van der Waals surface area contributed by atoms with Crippen molar-refractivity contribution in [3.63, 3.8) is 0 Å². The number of rotatable bonds is 3. The van der Waals surface area contributed by atoms with Crippen LogP contribution < -0.4 is 5.32 Å². The van der Waals surface area contributed by atoms with Gasteiger partial charge in [-0.05, 0) is 38.1 Å². The molecule has 0 saturated carbocycles. The minimum absolute atomic E-state index is 0.255. The lowest BCUT2D eigenvalue weighted by atomic mass is 10.1. The molecule has 0 amide bonds. The van der Waals surface area contributed by atoms with Crippen LogP contribution in [0.3, 0.4) is 0 Å². The summed E-state index contributed by atoms with van der Waals surface area (Å²) < 4.78 is 2.94. The molecule has 0 fully saturated rings. The summed E-state index contributed by atoms with van der Waals surface area (Å²) in [5.41, 5.74) is 3.42. The quantitative estimate of drug-likeness (QED) is 0.936. The van der Waals surface area contributed by atoms with E-state index in [-0.39, 0.29) is 6.04 Å². The Bertz CT molecular complexity index is 502. The molecule has 1 atom stereocenters. The molecule has 0 radical (unpaired) electrons. The standard InChI is InChI=1S/C13H16BrN3/c1-9(13-8-17(3)16-10(13)2)15-12-6-4-11(14)5-7-12/h4-9,15H,1-3H3. The highest BCUT2D eigenvalue weighted by Gasteiger charge is 2.11. The van der Waals surface area contributed by atoms with Gasteiger partial charge < -0.3 is 5.32 Å². The van der Waals surface area contributed by atoms with Gasteiger partial charge in [-0.2, -0.15) is 5.10 Å². The molecule has 0 aliphatic carbocycles. The van der Waals surface area contributed by atoms with Crippen molar-refractivity contribution in [2.45, 2.75) is 19.9 Å². The van der Waals surface area contributed by atoms with E-state index >= 15 is 0 Å². The number of anilines is 1. The SMILES string of the molecule is Cc1nn(C)cc1C(C)Nc1ccc(Br)cc1. The van der Waals surface area contributed by atoms with Crippen LogP contribution in [0.2, 0.25) is 0 Å². The molecule has 1 N–H and O–H groups in total. The maximum Gasteiger partial charge on any atom is 0.0646 e. The van der Waals surface area contributed by atoms with Gasteiger partial charge in [0.1, 0.15) is 0 Å². The van der Waals surface area contributed by atoms with E-state index in [0.717, 1.165) is 15.9 Å². The lowest BCUT2D eigenvalue weighted by Gasteiger charge is -2.14. The van der Waals surface area contributed by atoms with E-state index in [1.54, 1.807) is 0 Å². The third kappa shape index (κ3) is 2.88. The average Bonchev–Trinajstić information content (AvgIpc) is 2.61. The van der Waals surface area contributed by atoms with Crippen LogP contribution in [0.5, 0.6) is 0 Å². The fourth-order valence-electron chi connectivity index (χ4n) is 1.92. The van der Waals surface area contributed by atoms with Crippen LogP contribution in [-0.4, -0.2) is 9.78 Å². The highest BCUT2D eigenvalue weighted by Crippen LogP contribution is 2.22. The summed E-state index contributed by atoms with van der Waals surface area (Å²) in [6.07, 6.45) is 2.06. The molecule has 0 saturated heterocycles. The monoisotopic (exact) mass is 293 g/mol. The zero-order chi connectivity index (χ0) is 12.4. The number of nitrogens with zero attached hydrogens (tertiary/aromatic N) is 2. The van der Waals surface area contributed by atoms with Gasteiger partial charge in [0.05, 0.1) is 11.7 Å². The summed E-state index contributed by atoms with van der Waals surface area (Å²) >= 11 is 3.43. The molecule has 2 aromatic rings. The minimum Gasteiger partial charge on any atom is -0.378 e. The highest BCUT2D eigenvalue weighted by atomic mass is 79.9. The van der Waals surface area contributed by atoms with Crippen LogP contribution in [0.15, 0.2) is 34.9 Å². The maximum atomic E-state index is 4.36. The van der Waals surface area contributed by atoms with Gasteiger partial charge >= 0.3 is 0 Å². The van der Waals surface area contributed by atoms with Gasteiger partial charge in [0.25, 0.3) is 0 Å². The summed E-state index contributed by atoms with van der Waals surface area (Å²) in [4.78, 5) is 0. The Balaban J connectivity index is 2.14. The molecule has 0 bridgehead atoms. The summed E-state index contributed by atoms with van der Waals surface area (Å²) in [7, 11) is 1.95. The molecular weight excluding hydrogens is 278 g/mol. The molecule has 90 valence electrons. The van der Waals surface area contributed by atoms with Crippen molar-refractivity contribution in [3.05, 3.63) is 46.2 Å². The average molecular weight is 294 g/mol. The zero-order valence-corrected chi connectivity index (χ0v) is 11.8. The number of hydrogen-bond donors (Lipinski definition) is 1. The third-order valence-corrected chi connectivity index (χ3v) is 3.27. The fourth-order valence-corrected chi connectivity index (χ4v) is 2.18. The van der Waals surface area contributed by atoms with Gasteiger partial charge in [-0.15, -0.1) is 0 Å². The van der Waals surface area contributed by atoms with Gasteiger partial charge in [0, 0.05) is 29.0 Å². The van der Waals surface area contributed by atoms with E-state index in [4.69, 9.17) is 0 Å². The summed E-state index contributed by atoms with van der Waals surface area (Å²) in [6, 6.07) is 8.44. The van der Waals surface area contributed by atoms with E-state index in [2.05, 4.69) is 51.6 Å². The van der Waals surface area contributed by atoms with Gasteiger partial charge in [-0.3, -0.25) is 4.68 Å². The highest BCUT2D eigenvalue weighted by molar-refractivity contribution is 9.10. The second-order valence-corrected chi connectivity index (χ2v) is 5.13. The Morgan fingerprint density at radius 1 is 1.29 bits per heavy atom. The van der Waals surface area contributed by atoms with Crippen LogP contribution in [0, 0.1) is 6.92 Å². The number of aromatic nitrogens is 2. The van der Waals surface area contributed by atoms with Crippen molar-refractivity contribution in [3.8, 4) is 0 Å². The number of nitrogens with one attached hydrogen (secondary N) is 1. The zero-order valence-electron chi connectivity index (χ0n) is 10.2. The molecule has 0 spiro atoms. The van der Waals surface area contributed by atoms with E-state index < -0.39 is 0 Å². The number of benzene rings is 1. The molecule has 1 heterocycles. The Morgan fingerprint density at radius 2 is 1.94 bits per heavy atom. The minimum atomic E-state index is 0.255. The molecule has 1 aromatic heterocycles. The van der Waals surface area contributed by atoms with Gasteiger partial charge in [-0.25, -0.2) is 0 Å². The molecule has 1 unspecified atom stereocenters. The van der Waals surface area contributed by atoms with Gasteiger partial charge in [0.2, 0.25) is 0 Å². The molecule has 2 rings (SSSR count). The molecule has 4 heteroatoms. The lowest BCUT2D eigenvalue weighted by Crippen LogP contribution is -2.06. The molecule has 17 heavy (non-hydrogen) atoms. The van der Waals surface area contributed by atoms with E-state index in [1.165, 1.54) is 5.56 Å². The molecule has 1 aromatic carbocycles. The predicted molar refractivity (Wildman–Crippen MR) is 74.1 cm³/mol. The van der Waals surface area contributed by atoms with E-state index in [9.17, 15) is 0 Å². The van der Waals surface area contributed by atoms with Crippen LogP contribution in [0.4, 0.5) is 5.69 Å². The summed E-state index contributed by atoms with van der Waals surface area (Å²) in [5.74, 6) is 0. The topological polar surface area (TPSA) is 29.9 Å². The molecule has 3 nitrogen and oxygen atoms in total. The first kappa shape index (κ1) is 12.2. The van der Waals surface area contributed by atoms with Crippen LogP contribution in [0.1, 0.15) is 24.2 Å². The van der Waals surface area contributed by atoms with Crippen LogP contribution >= 0.6 is 15.9 Å². The van der Waals surface area contributed by atoms with E-state index in [1.807, 2.05) is 30.8 Å². The lowest BCUT2D eigenvalue weighted by molar-refractivity contribution is 0.756. The largest absolute Gasteiger partial charge is 0.378 e. The summed E-state index contributed by atoms with van der Waals surface area (Å²) in [6.45, 7) is 4.18. The predicted octanol–water partition coefficient (Wildman–Crippen LogP) is 3.66. The van der Waals surface area contributed by atoms with Crippen LogP contribution in [-0.2, 0) is 7.05 Å². The van der Waals surface area contributed by atoms with Crippen molar-refractivity contribution in [2.24, 2.45) is 7.05 Å². The second-order valence-electron chi connectivity index (χ2n) is 4.22. The van der Waals surface area contributed by atoms with Crippen LogP contribution in [0.25, 0.3) is 0 Å². The first-order valence-corrected chi connectivity index (χ1v) is 6.38. The Kier molecular flexibility index (Phi) is 3.52.